The molecule has 0 spiro atoms. The van der Waals surface area contributed by atoms with Crippen molar-refractivity contribution in [2.75, 3.05) is 6.54 Å². The molecule has 1 N–H and O–H groups in total. The number of nitrogens with zero attached hydrogens (tertiary/aromatic N) is 1. The van der Waals surface area contributed by atoms with E-state index in [2.05, 4.69) is 0 Å². The van der Waals surface area contributed by atoms with Crippen LogP contribution in [0.15, 0.2) is 0 Å². The van der Waals surface area contributed by atoms with Crippen molar-refractivity contribution < 1.29 is 24.7 Å². The summed E-state index contributed by atoms with van der Waals surface area (Å²) in [6.45, 7) is 0.721. The summed E-state index contributed by atoms with van der Waals surface area (Å²) in [5, 5.41) is 9.82. The zero-order valence-electron chi connectivity index (χ0n) is 4.63. The second-order valence-electron chi connectivity index (χ2n) is 1.62. The van der Waals surface area contributed by atoms with Crippen molar-refractivity contribution in [1.29, 1.82) is 0 Å². The standard InChI is InChI=1S/C4H7NOS.Zn/c6-5-3-1-2-4(5)7;/h6H,1-3H2;. The Morgan fingerprint density at radius 2 is 2.25 bits per heavy atom. The van der Waals surface area contributed by atoms with E-state index >= 15 is 0 Å². The molecule has 0 unspecified atom stereocenters. The van der Waals surface area contributed by atoms with E-state index in [0.29, 0.717) is 4.99 Å². The number of hydrogen-bond donors (Lipinski definition) is 1. The zero-order valence-corrected chi connectivity index (χ0v) is 8.41. The average Bonchev–Trinajstić information content (AvgIpc) is 1.91. The van der Waals surface area contributed by atoms with Crippen LogP contribution in [0, 0.1) is 0 Å². The van der Waals surface area contributed by atoms with Gasteiger partial charge in [0.25, 0.3) is 0 Å². The fraction of sp³-hybridized carbons (Fsp3) is 0.750. The van der Waals surface area contributed by atoms with Gasteiger partial charge >= 0.3 is 0 Å². The van der Waals surface area contributed by atoms with E-state index in [9.17, 15) is 0 Å². The quantitative estimate of drug-likeness (QED) is 0.443. The van der Waals surface area contributed by atoms with Gasteiger partial charge in [-0.3, -0.25) is 10.3 Å². The van der Waals surface area contributed by atoms with Crippen LogP contribution in [-0.2, 0) is 19.5 Å². The van der Waals surface area contributed by atoms with Gasteiger partial charge in [0.1, 0.15) is 4.99 Å². The first-order valence-electron chi connectivity index (χ1n) is 2.30. The third kappa shape index (κ3) is 1.77. The van der Waals surface area contributed by atoms with Gasteiger partial charge in [-0.2, -0.15) is 0 Å². The molecule has 1 heterocycles. The van der Waals surface area contributed by atoms with Crippen molar-refractivity contribution in [3.8, 4) is 0 Å². The van der Waals surface area contributed by atoms with Crippen molar-refractivity contribution in [2.24, 2.45) is 0 Å². The molecule has 8 heavy (non-hydrogen) atoms. The predicted octanol–water partition coefficient (Wildman–Crippen LogP) is 0.796. The van der Waals surface area contributed by atoms with E-state index < -0.39 is 0 Å². The summed E-state index contributed by atoms with van der Waals surface area (Å²) < 4.78 is 0. The van der Waals surface area contributed by atoms with Crippen LogP contribution < -0.4 is 0 Å². The van der Waals surface area contributed by atoms with Gasteiger partial charge in [0.05, 0.1) is 0 Å². The maximum Gasteiger partial charge on any atom is 0.103 e. The van der Waals surface area contributed by atoms with E-state index in [1.54, 1.807) is 0 Å². The largest absolute Gasteiger partial charge is 0.288 e. The van der Waals surface area contributed by atoms with E-state index in [0.717, 1.165) is 24.4 Å². The van der Waals surface area contributed by atoms with Crippen molar-refractivity contribution >= 4 is 17.2 Å². The fourth-order valence-corrected chi connectivity index (χ4v) is 0.869. The topological polar surface area (TPSA) is 23.5 Å². The molecular weight excluding hydrogens is 176 g/mol. The van der Waals surface area contributed by atoms with E-state index in [1.165, 1.54) is 0 Å². The minimum Gasteiger partial charge on any atom is -0.288 e. The van der Waals surface area contributed by atoms with Gasteiger partial charge in [0.15, 0.2) is 0 Å². The molecule has 0 aromatic rings. The van der Waals surface area contributed by atoms with Gasteiger partial charge < -0.3 is 0 Å². The molecule has 0 aliphatic carbocycles. The van der Waals surface area contributed by atoms with Gasteiger partial charge in [-0.1, -0.05) is 12.2 Å². The number of hydroxylamine groups is 2. The van der Waals surface area contributed by atoms with Crippen LogP contribution in [0.1, 0.15) is 12.8 Å². The molecule has 1 aliphatic rings. The normalized spacial score (nSPS) is 18.6. The summed E-state index contributed by atoms with van der Waals surface area (Å²) in [6, 6.07) is 0. The Bertz CT molecular complexity index is 98.0. The number of thiocarbonyl (C=S) groups is 1. The minimum absolute atomic E-state index is 0. The second kappa shape index (κ2) is 3.49. The fourth-order valence-electron chi connectivity index (χ4n) is 0.634. The Balaban J connectivity index is 0.000000490. The summed E-state index contributed by atoms with van der Waals surface area (Å²) in [7, 11) is 0. The molecule has 0 aromatic carbocycles. The second-order valence-corrected chi connectivity index (χ2v) is 2.09. The Hall–Kier alpha value is 0.473. The Morgan fingerprint density at radius 3 is 2.38 bits per heavy atom. The molecular formula is C4H7NOSZn. The molecule has 0 radical (unpaired) electrons. The SMILES string of the molecule is ON1CCCC1=S.[Zn]. The molecule has 4 heteroatoms. The predicted molar refractivity (Wildman–Crippen MR) is 30.3 cm³/mol. The number of hydrogen-bond acceptors (Lipinski definition) is 2. The summed E-state index contributed by atoms with van der Waals surface area (Å²) in [5.41, 5.74) is 0. The molecule has 0 bridgehead atoms. The monoisotopic (exact) mass is 181 g/mol. The molecule has 2 nitrogen and oxygen atoms in total. The van der Waals surface area contributed by atoms with Gasteiger partial charge in [0.2, 0.25) is 0 Å². The van der Waals surface area contributed by atoms with Crippen LogP contribution in [0.4, 0.5) is 0 Å². The van der Waals surface area contributed by atoms with Gasteiger partial charge in [0, 0.05) is 32.4 Å². The van der Waals surface area contributed by atoms with Crippen LogP contribution >= 0.6 is 12.2 Å². The first-order valence-corrected chi connectivity index (χ1v) is 2.71. The van der Waals surface area contributed by atoms with Crippen molar-refractivity contribution in [2.45, 2.75) is 12.8 Å². The average molecular weight is 183 g/mol. The van der Waals surface area contributed by atoms with Crippen molar-refractivity contribution in [3.05, 3.63) is 0 Å². The van der Waals surface area contributed by atoms with Gasteiger partial charge in [-0.15, -0.1) is 0 Å². The molecule has 0 amide bonds. The zero-order chi connectivity index (χ0) is 5.28. The first kappa shape index (κ1) is 8.47. The molecule has 0 atom stereocenters. The third-order valence-corrected chi connectivity index (χ3v) is 1.46. The van der Waals surface area contributed by atoms with E-state index in [1.807, 2.05) is 0 Å². The van der Waals surface area contributed by atoms with Crippen LogP contribution in [0.25, 0.3) is 0 Å². The smallest absolute Gasteiger partial charge is 0.103 e. The van der Waals surface area contributed by atoms with Crippen LogP contribution in [0.5, 0.6) is 0 Å². The molecule has 42 valence electrons. The Kier molecular flexibility index (Phi) is 3.70. The molecule has 1 fully saturated rings. The van der Waals surface area contributed by atoms with Gasteiger partial charge in [-0.25, -0.2) is 0 Å². The third-order valence-electron chi connectivity index (χ3n) is 1.05. The van der Waals surface area contributed by atoms with Gasteiger partial charge in [-0.05, 0) is 6.42 Å². The van der Waals surface area contributed by atoms with Crippen molar-refractivity contribution in [1.82, 2.24) is 5.06 Å². The maximum atomic E-state index is 8.69. The Labute approximate surface area is 66.6 Å². The van der Waals surface area contributed by atoms with Crippen molar-refractivity contribution in [3.63, 3.8) is 0 Å². The van der Waals surface area contributed by atoms with Crippen LogP contribution in [0.3, 0.4) is 0 Å². The molecule has 0 saturated carbocycles. The summed E-state index contributed by atoms with van der Waals surface area (Å²) in [4.78, 5) is 0.681. The first-order chi connectivity index (χ1) is 3.30. The summed E-state index contributed by atoms with van der Waals surface area (Å²) >= 11 is 4.72. The maximum absolute atomic E-state index is 8.69. The minimum atomic E-state index is 0. The van der Waals surface area contributed by atoms with Crippen LogP contribution in [-0.4, -0.2) is 21.8 Å². The number of rotatable bonds is 0. The van der Waals surface area contributed by atoms with E-state index in [4.69, 9.17) is 17.4 Å². The molecule has 1 saturated heterocycles. The molecule has 1 rings (SSSR count). The summed E-state index contributed by atoms with van der Waals surface area (Å²) in [5.74, 6) is 0. The summed E-state index contributed by atoms with van der Waals surface area (Å²) in [6.07, 6.45) is 1.89. The van der Waals surface area contributed by atoms with Crippen LogP contribution in [0.2, 0.25) is 0 Å². The van der Waals surface area contributed by atoms with E-state index in [-0.39, 0.29) is 19.5 Å². The Morgan fingerprint density at radius 1 is 1.62 bits per heavy atom. The molecule has 0 aromatic heterocycles. The molecule has 1 aliphatic heterocycles.